The molecule has 1 aliphatic carbocycles. The average molecular weight is 217 g/mol. The van der Waals surface area contributed by atoms with Gasteiger partial charge in [-0.2, -0.15) is 0 Å². The van der Waals surface area contributed by atoms with Crippen LogP contribution in [-0.2, 0) is 9.84 Å². The maximum Gasteiger partial charge on any atom is 0.150 e. The van der Waals surface area contributed by atoms with Crippen molar-refractivity contribution in [2.45, 2.75) is 38.6 Å². The molecule has 2 fully saturated rings. The van der Waals surface area contributed by atoms with Gasteiger partial charge in [-0.3, -0.25) is 0 Å². The van der Waals surface area contributed by atoms with E-state index in [1.807, 2.05) is 0 Å². The molecule has 1 unspecified atom stereocenters. The van der Waals surface area contributed by atoms with E-state index < -0.39 is 9.84 Å². The molecule has 1 saturated carbocycles. The van der Waals surface area contributed by atoms with Gasteiger partial charge in [0.2, 0.25) is 0 Å². The fourth-order valence-electron chi connectivity index (χ4n) is 2.55. The fraction of sp³-hybridized carbons (Fsp3) is 1.00. The third kappa shape index (κ3) is 1.48. The lowest BCUT2D eigenvalue weighted by atomic mass is 9.71. The summed E-state index contributed by atoms with van der Waals surface area (Å²) in [6, 6.07) is 0. The van der Waals surface area contributed by atoms with Gasteiger partial charge in [-0.1, -0.05) is 13.8 Å². The zero-order valence-corrected chi connectivity index (χ0v) is 9.73. The van der Waals surface area contributed by atoms with E-state index in [1.165, 1.54) is 0 Å². The standard InChI is InChI=1S/C10H19NO2S/c1-9(2,10(11)4-5-10)8-3-6-14(12,13)7-8/h8H,3-7,11H2,1-2H3. The van der Waals surface area contributed by atoms with Crippen molar-refractivity contribution in [3.05, 3.63) is 0 Å². The summed E-state index contributed by atoms with van der Waals surface area (Å²) in [6.07, 6.45) is 2.90. The van der Waals surface area contributed by atoms with Gasteiger partial charge in [-0.25, -0.2) is 8.42 Å². The summed E-state index contributed by atoms with van der Waals surface area (Å²) >= 11 is 0. The summed E-state index contributed by atoms with van der Waals surface area (Å²) in [7, 11) is -2.77. The second-order valence-corrected chi connectivity index (χ2v) is 7.71. The molecule has 0 spiro atoms. The maximum atomic E-state index is 11.4. The third-order valence-electron chi connectivity index (χ3n) is 4.32. The van der Waals surface area contributed by atoms with E-state index in [2.05, 4.69) is 13.8 Å². The highest BCUT2D eigenvalue weighted by Gasteiger charge is 2.56. The molecule has 1 heterocycles. The van der Waals surface area contributed by atoms with Crippen molar-refractivity contribution < 1.29 is 8.42 Å². The first-order chi connectivity index (χ1) is 6.27. The lowest BCUT2D eigenvalue weighted by Gasteiger charge is -2.37. The molecule has 0 bridgehead atoms. The molecule has 2 aliphatic rings. The van der Waals surface area contributed by atoms with Crippen LogP contribution in [0.3, 0.4) is 0 Å². The zero-order valence-electron chi connectivity index (χ0n) is 8.91. The van der Waals surface area contributed by atoms with Gasteiger partial charge in [0.25, 0.3) is 0 Å². The Morgan fingerprint density at radius 3 is 2.29 bits per heavy atom. The summed E-state index contributed by atoms with van der Waals surface area (Å²) in [5, 5.41) is 0. The van der Waals surface area contributed by atoms with Crippen molar-refractivity contribution in [1.82, 2.24) is 0 Å². The number of hydrogen-bond donors (Lipinski definition) is 1. The van der Waals surface area contributed by atoms with Crippen LogP contribution < -0.4 is 5.73 Å². The minimum Gasteiger partial charge on any atom is -0.325 e. The van der Waals surface area contributed by atoms with Crippen LogP contribution in [0.15, 0.2) is 0 Å². The molecule has 0 radical (unpaired) electrons. The van der Waals surface area contributed by atoms with Crippen molar-refractivity contribution in [1.29, 1.82) is 0 Å². The quantitative estimate of drug-likeness (QED) is 0.749. The van der Waals surface area contributed by atoms with E-state index >= 15 is 0 Å². The van der Waals surface area contributed by atoms with Gasteiger partial charge >= 0.3 is 0 Å². The van der Waals surface area contributed by atoms with Crippen molar-refractivity contribution in [2.24, 2.45) is 17.1 Å². The first-order valence-corrected chi connectivity index (χ1v) is 7.08. The zero-order chi connectivity index (χ0) is 10.6. The number of rotatable bonds is 2. The Bertz CT molecular complexity index is 341. The van der Waals surface area contributed by atoms with Crippen LogP contribution in [0.2, 0.25) is 0 Å². The maximum absolute atomic E-state index is 11.4. The SMILES string of the molecule is CC(C)(C1CCS(=O)(=O)C1)C1(N)CC1. The van der Waals surface area contributed by atoms with Gasteiger partial charge in [0, 0.05) is 5.54 Å². The number of hydrogen-bond acceptors (Lipinski definition) is 3. The molecular weight excluding hydrogens is 198 g/mol. The normalized spacial score (nSPS) is 34.4. The van der Waals surface area contributed by atoms with Gasteiger partial charge in [0.05, 0.1) is 11.5 Å². The molecule has 82 valence electrons. The van der Waals surface area contributed by atoms with E-state index in [0.29, 0.717) is 11.5 Å². The predicted octanol–water partition coefficient (Wildman–Crippen LogP) is 0.939. The van der Waals surface area contributed by atoms with Crippen LogP contribution in [0.25, 0.3) is 0 Å². The van der Waals surface area contributed by atoms with Crippen LogP contribution in [0, 0.1) is 11.3 Å². The Morgan fingerprint density at radius 1 is 1.36 bits per heavy atom. The molecule has 1 aliphatic heterocycles. The highest BCUT2D eigenvalue weighted by molar-refractivity contribution is 7.91. The second-order valence-electron chi connectivity index (χ2n) is 5.48. The molecule has 4 heteroatoms. The molecule has 0 amide bonds. The third-order valence-corrected chi connectivity index (χ3v) is 6.09. The van der Waals surface area contributed by atoms with Crippen molar-refractivity contribution in [3.63, 3.8) is 0 Å². The Labute approximate surface area is 86.0 Å². The van der Waals surface area contributed by atoms with Crippen molar-refractivity contribution >= 4 is 9.84 Å². The van der Waals surface area contributed by atoms with Gasteiger partial charge in [-0.15, -0.1) is 0 Å². The average Bonchev–Trinajstić information content (AvgIpc) is 2.68. The lowest BCUT2D eigenvalue weighted by Crippen LogP contribution is -2.45. The topological polar surface area (TPSA) is 60.2 Å². The molecule has 0 aromatic heterocycles. The highest BCUT2D eigenvalue weighted by Crippen LogP contribution is 2.53. The molecule has 2 N–H and O–H groups in total. The van der Waals surface area contributed by atoms with Crippen LogP contribution >= 0.6 is 0 Å². The first kappa shape index (κ1) is 10.4. The smallest absolute Gasteiger partial charge is 0.150 e. The Morgan fingerprint density at radius 2 is 1.93 bits per heavy atom. The minimum atomic E-state index is -2.77. The van der Waals surface area contributed by atoms with Crippen molar-refractivity contribution in [2.75, 3.05) is 11.5 Å². The van der Waals surface area contributed by atoms with Crippen LogP contribution in [0.4, 0.5) is 0 Å². The van der Waals surface area contributed by atoms with E-state index in [9.17, 15) is 8.42 Å². The van der Waals surface area contributed by atoms with Crippen LogP contribution in [0.1, 0.15) is 33.1 Å². The molecule has 1 atom stereocenters. The first-order valence-electron chi connectivity index (χ1n) is 5.26. The lowest BCUT2D eigenvalue weighted by molar-refractivity contribution is 0.169. The van der Waals surface area contributed by atoms with Gasteiger partial charge in [0.1, 0.15) is 0 Å². The Hall–Kier alpha value is -0.0900. The largest absolute Gasteiger partial charge is 0.325 e. The number of sulfone groups is 1. The Kier molecular flexibility index (Phi) is 2.03. The molecule has 14 heavy (non-hydrogen) atoms. The highest BCUT2D eigenvalue weighted by atomic mass is 32.2. The van der Waals surface area contributed by atoms with Gasteiger partial charge in [-0.05, 0) is 30.6 Å². The minimum absolute atomic E-state index is 0.0173. The van der Waals surface area contributed by atoms with E-state index in [0.717, 1.165) is 19.3 Å². The molecule has 0 aromatic carbocycles. The monoisotopic (exact) mass is 217 g/mol. The predicted molar refractivity (Wildman–Crippen MR) is 56.7 cm³/mol. The van der Waals surface area contributed by atoms with Crippen molar-refractivity contribution in [3.8, 4) is 0 Å². The van der Waals surface area contributed by atoms with E-state index in [1.54, 1.807) is 0 Å². The molecule has 1 saturated heterocycles. The van der Waals surface area contributed by atoms with Gasteiger partial charge < -0.3 is 5.73 Å². The molecular formula is C10H19NO2S. The number of nitrogens with two attached hydrogens (primary N) is 1. The molecule has 0 aromatic rings. The fourth-order valence-corrected chi connectivity index (χ4v) is 4.56. The summed E-state index contributed by atoms with van der Waals surface area (Å²) in [5.74, 6) is 0.968. The van der Waals surface area contributed by atoms with Crippen LogP contribution in [-0.4, -0.2) is 25.5 Å². The molecule has 3 nitrogen and oxygen atoms in total. The Balaban J connectivity index is 2.17. The molecule has 2 rings (SSSR count). The second kappa shape index (κ2) is 2.73. The summed E-state index contributed by atoms with van der Waals surface area (Å²) in [4.78, 5) is 0. The van der Waals surface area contributed by atoms with E-state index in [4.69, 9.17) is 5.73 Å². The van der Waals surface area contributed by atoms with E-state index in [-0.39, 0.29) is 16.9 Å². The van der Waals surface area contributed by atoms with Crippen LogP contribution in [0.5, 0.6) is 0 Å². The summed E-state index contributed by atoms with van der Waals surface area (Å²) < 4.78 is 22.8. The summed E-state index contributed by atoms with van der Waals surface area (Å²) in [6.45, 7) is 4.26. The summed E-state index contributed by atoms with van der Waals surface area (Å²) in [5.41, 5.74) is 6.09. The van der Waals surface area contributed by atoms with Gasteiger partial charge in [0.15, 0.2) is 9.84 Å².